The van der Waals surface area contributed by atoms with Gasteiger partial charge in [-0.05, 0) is 42.2 Å². The number of hydrogen-bond acceptors (Lipinski definition) is 4. The van der Waals surface area contributed by atoms with Crippen LogP contribution in [0.5, 0.6) is 11.8 Å². The first kappa shape index (κ1) is 11.9. The van der Waals surface area contributed by atoms with Crippen LogP contribution in [0.2, 0.25) is 0 Å². The molecule has 1 aliphatic heterocycles. The van der Waals surface area contributed by atoms with Crippen LogP contribution in [0.4, 0.5) is 0 Å². The maximum atomic E-state index is 6.09. The van der Waals surface area contributed by atoms with Gasteiger partial charge < -0.3 is 9.47 Å². The standard InChI is InChI=1S/C16H16N2O2/c1-2-7-16(6-1)14-10-13(5-4-12(14)11-19-16)20-15-17-8-3-9-18-15/h3-5,8-10H,1-2,6-7,11H2. The molecule has 0 unspecified atom stereocenters. The minimum Gasteiger partial charge on any atom is -0.424 e. The number of rotatable bonds is 2. The molecule has 1 saturated carbocycles. The third-order valence-electron chi connectivity index (χ3n) is 4.24. The zero-order valence-electron chi connectivity index (χ0n) is 11.2. The van der Waals surface area contributed by atoms with Gasteiger partial charge in [0, 0.05) is 12.4 Å². The van der Waals surface area contributed by atoms with E-state index in [1.54, 1.807) is 18.5 Å². The molecule has 0 radical (unpaired) electrons. The zero-order valence-corrected chi connectivity index (χ0v) is 11.2. The fourth-order valence-corrected chi connectivity index (χ4v) is 3.27. The van der Waals surface area contributed by atoms with E-state index in [1.807, 2.05) is 6.07 Å². The summed E-state index contributed by atoms with van der Waals surface area (Å²) in [6, 6.07) is 8.32. The lowest BCUT2D eigenvalue weighted by molar-refractivity contribution is -0.0325. The average molecular weight is 268 g/mol. The van der Waals surface area contributed by atoms with Crippen molar-refractivity contribution in [1.29, 1.82) is 0 Å². The summed E-state index contributed by atoms with van der Waals surface area (Å²) < 4.78 is 11.8. The van der Waals surface area contributed by atoms with Crippen molar-refractivity contribution in [3.8, 4) is 11.8 Å². The number of ether oxygens (including phenoxy) is 2. The van der Waals surface area contributed by atoms with Gasteiger partial charge in [0.2, 0.25) is 0 Å². The number of nitrogens with zero attached hydrogens (tertiary/aromatic N) is 2. The van der Waals surface area contributed by atoms with Crippen LogP contribution in [0, 0.1) is 0 Å². The highest BCUT2D eigenvalue weighted by atomic mass is 16.5. The van der Waals surface area contributed by atoms with Crippen LogP contribution in [0.25, 0.3) is 0 Å². The zero-order chi connectivity index (χ0) is 13.4. The Hall–Kier alpha value is -1.94. The summed E-state index contributed by atoms with van der Waals surface area (Å²) >= 11 is 0. The molecule has 0 saturated heterocycles. The van der Waals surface area contributed by atoms with Gasteiger partial charge in [-0.2, -0.15) is 0 Å². The molecule has 0 N–H and O–H groups in total. The average Bonchev–Trinajstić information content (AvgIpc) is 3.10. The fourth-order valence-electron chi connectivity index (χ4n) is 3.27. The van der Waals surface area contributed by atoms with E-state index in [1.165, 1.54) is 24.0 Å². The van der Waals surface area contributed by atoms with Gasteiger partial charge in [0.15, 0.2) is 0 Å². The molecule has 2 aliphatic rings. The minimum absolute atomic E-state index is 0.0632. The monoisotopic (exact) mass is 268 g/mol. The second-order valence-electron chi connectivity index (χ2n) is 5.44. The molecule has 0 atom stereocenters. The number of aromatic nitrogens is 2. The van der Waals surface area contributed by atoms with Crippen LogP contribution >= 0.6 is 0 Å². The molecule has 20 heavy (non-hydrogen) atoms. The van der Waals surface area contributed by atoms with Crippen molar-refractivity contribution in [2.45, 2.75) is 37.9 Å². The highest BCUT2D eigenvalue weighted by Crippen LogP contribution is 2.49. The number of benzene rings is 1. The molecule has 1 aromatic carbocycles. The van der Waals surface area contributed by atoms with E-state index in [-0.39, 0.29) is 5.60 Å². The topological polar surface area (TPSA) is 44.2 Å². The Bertz CT molecular complexity index is 622. The third-order valence-corrected chi connectivity index (χ3v) is 4.24. The van der Waals surface area contributed by atoms with E-state index >= 15 is 0 Å². The molecule has 1 aliphatic carbocycles. The van der Waals surface area contributed by atoms with Crippen molar-refractivity contribution in [1.82, 2.24) is 9.97 Å². The molecule has 4 nitrogen and oxygen atoms in total. The van der Waals surface area contributed by atoms with Gasteiger partial charge in [-0.25, -0.2) is 9.97 Å². The van der Waals surface area contributed by atoms with Gasteiger partial charge in [0.25, 0.3) is 0 Å². The van der Waals surface area contributed by atoms with Gasteiger partial charge >= 0.3 is 6.01 Å². The molecule has 1 aromatic heterocycles. The second-order valence-corrected chi connectivity index (χ2v) is 5.44. The first-order valence-corrected chi connectivity index (χ1v) is 7.08. The largest absolute Gasteiger partial charge is 0.424 e. The summed E-state index contributed by atoms with van der Waals surface area (Å²) in [6.07, 6.45) is 8.07. The van der Waals surface area contributed by atoms with E-state index in [4.69, 9.17) is 9.47 Å². The molecule has 2 aromatic rings. The molecule has 1 fully saturated rings. The molecule has 1 spiro atoms. The van der Waals surface area contributed by atoms with Crippen LogP contribution in [-0.4, -0.2) is 9.97 Å². The van der Waals surface area contributed by atoms with Crippen molar-refractivity contribution in [2.75, 3.05) is 0 Å². The van der Waals surface area contributed by atoms with Crippen molar-refractivity contribution in [3.05, 3.63) is 47.8 Å². The van der Waals surface area contributed by atoms with Crippen LogP contribution < -0.4 is 4.74 Å². The summed E-state index contributed by atoms with van der Waals surface area (Å²) in [5, 5.41) is 0. The first-order chi connectivity index (χ1) is 9.86. The van der Waals surface area contributed by atoms with Crippen LogP contribution in [0.3, 0.4) is 0 Å². The van der Waals surface area contributed by atoms with Crippen LogP contribution in [0.15, 0.2) is 36.7 Å². The lowest BCUT2D eigenvalue weighted by Crippen LogP contribution is -2.20. The Labute approximate surface area is 117 Å². The summed E-state index contributed by atoms with van der Waals surface area (Å²) in [4.78, 5) is 8.18. The van der Waals surface area contributed by atoms with Gasteiger partial charge in [0.05, 0.1) is 12.2 Å². The van der Waals surface area contributed by atoms with Crippen molar-refractivity contribution in [2.24, 2.45) is 0 Å². The van der Waals surface area contributed by atoms with E-state index in [0.717, 1.165) is 25.2 Å². The Morgan fingerprint density at radius 2 is 1.90 bits per heavy atom. The predicted octanol–water partition coefficient (Wildman–Crippen LogP) is 3.57. The molecule has 4 heteroatoms. The van der Waals surface area contributed by atoms with Gasteiger partial charge in [-0.15, -0.1) is 0 Å². The SMILES string of the molecule is c1cnc(Oc2ccc3c(c2)C2(CCCC2)OC3)nc1. The summed E-state index contributed by atoms with van der Waals surface area (Å²) in [7, 11) is 0. The number of fused-ring (bicyclic) bond motifs is 2. The molecule has 0 amide bonds. The summed E-state index contributed by atoms with van der Waals surface area (Å²) in [5.41, 5.74) is 2.52. The van der Waals surface area contributed by atoms with Crippen molar-refractivity contribution < 1.29 is 9.47 Å². The summed E-state index contributed by atoms with van der Waals surface area (Å²) in [5.74, 6) is 0.784. The first-order valence-electron chi connectivity index (χ1n) is 7.08. The van der Waals surface area contributed by atoms with Crippen LogP contribution in [0.1, 0.15) is 36.8 Å². The highest BCUT2D eigenvalue weighted by molar-refractivity contribution is 5.42. The normalized spacial score (nSPS) is 19.2. The molecular weight excluding hydrogens is 252 g/mol. The Balaban J connectivity index is 1.67. The predicted molar refractivity (Wildman–Crippen MR) is 73.5 cm³/mol. The highest BCUT2D eigenvalue weighted by Gasteiger charge is 2.42. The maximum absolute atomic E-state index is 6.09. The van der Waals surface area contributed by atoms with Gasteiger partial charge in [-0.3, -0.25) is 0 Å². The van der Waals surface area contributed by atoms with Gasteiger partial charge in [-0.1, -0.05) is 18.9 Å². The minimum atomic E-state index is -0.0632. The van der Waals surface area contributed by atoms with E-state index in [0.29, 0.717) is 6.01 Å². The molecule has 4 rings (SSSR count). The lowest BCUT2D eigenvalue weighted by Gasteiger charge is -2.23. The van der Waals surface area contributed by atoms with Crippen molar-refractivity contribution >= 4 is 0 Å². The molecule has 102 valence electrons. The molecule has 2 heterocycles. The van der Waals surface area contributed by atoms with E-state index < -0.39 is 0 Å². The Kier molecular flexibility index (Phi) is 2.70. The van der Waals surface area contributed by atoms with E-state index in [9.17, 15) is 0 Å². The van der Waals surface area contributed by atoms with Crippen molar-refractivity contribution in [3.63, 3.8) is 0 Å². The van der Waals surface area contributed by atoms with E-state index in [2.05, 4.69) is 22.1 Å². The quantitative estimate of drug-likeness (QED) is 0.835. The summed E-state index contributed by atoms with van der Waals surface area (Å²) in [6.45, 7) is 0.720. The maximum Gasteiger partial charge on any atom is 0.321 e. The molecular formula is C16H16N2O2. The Morgan fingerprint density at radius 3 is 2.70 bits per heavy atom. The lowest BCUT2D eigenvalue weighted by atomic mass is 9.91. The Morgan fingerprint density at radius 1 is 1.10 bits per heavy atom. The smallest absolute Gasteiger partial charge is 0.321 e. The second kappa shape index (κ2) is 4.56. The van der Waals surface area contributed by atoms with Crippen LogP contribution in [-0.2, 0) is 16.9 Å². The fraction of sp³-hybridized carbons (Fsp3) is 0.375. The molecule has 0 bridgehead atoms. The third kappa shape index (κ3) is 1.88. The van der Waals surface area contributed by atoms with Gasteiger partial charge in [0.1, 0.15) is 5.75 Å². The number of hydrogen-bond donors (Lipinski definition) is 0.